The highest BCUT2D eigenvalue weighted by Crippen LogP contribution is 2.26. The van der Waals surface area contributed by atoms with Crippen LogP contribution in [-0.2, 0) is 14.8 Å². The predicted octanol–water partition coefficient (Wildman–Crippen LogP) is 5.55. The Morgan fingerprint density at radius 3 is 2.23 bits per heavy atom. The van der Waals surface area contributed by atoms with Crippen molar-refractivity contribution in [1.29, 1.82) is 0 Å². The second-order valence-corrected chi connectivity index (χ2v) is 9.97. The fraction of sp³-hybridized carbons (Fsp3) is 0.136. The van der Waals surface area contributed by atoms with Crippen LogP contribution in [0, 0.1) is 13.8 Å². The molecule has 3 aromatic rings. The third kappa shape index (κ3) is 5.22. The van der Waals surface area contributed by atoms with Gasteiger partial charge < -0.3 is 5.32 Å². The number of aryl methyl sites for hydroxylation is 2. The fourth-order valence-electron chi connectivity index (χ4n) is 2.81. The average molecular weight is 508 g/mol. The maximum atomic E-state index is 13.3. The Morgan fingerprint density at radius 2 is 1.63 bits per heavy atom. The van der Waals surface area contributed by atoms with Crippen LogP contribution >= 0.6 is 27.5 Å². The molecule has 0 aliphatic rings. The Labute approximate surface area is 189 Å². The Morgan fingerprint density at radius 1 is 1.00 bits per heavy atom. The normalized spacial score (nSPS) is 11.2. The Hall–Kier alpha value is -2.35. The van der Waals surface area contributed by atoms with E-state index in [4.69, 9.17) is 11.6 Å². The summed E-state index contributed by atoms with van der Waals surface area (Å²) in [5.41, 5.74) is 2.83. The lowest BCUT2D eigenvalue weighted by Gasteiger charge is -2.24. The van der Waals surface area contributed by atoms with Gasteiger partial charge in [-0.2, -0.15) is 0 Å². The Balaban J connectivity index is 1.93. The highest BCUT2D eigenvalue weighted by molar-refractivity contribution is 9.10. The van der Waals surface area contributed by atoms with Gasteiger partial charge in [-0.1, -0.05) is 45.2 Å². The van der Waals surface area contributed by atoms with Crippen LogP contribution < -0.4 is 9.62 Å². The lowest BCUT2D eigenvalue weighted by Crippen LogP contribution is -2.38. The van der Waals surface area contributed by atoms with Gasteiger partial charge in [-0.15, -0.1) is 0 Å². The van der Waals surface area contributed by atoms with E-state index in [1.54, 1.807) is 42.5 Å². The molecule has 0 atom stereocenters. The molecule has 1 amide bonds. The number of nitrogens with one attached hydrogen (secondary N) is 1. The lowest BCUT2D eigenvalue weighted by molar-refractivity contribution is -0.114. The van der Waals surface area contributed by atoms with E-state index in [2.05, 4.69) is 21.2 Å². The first kappa shape index (κ1) is 22.3. The Kier molecular flexibility index (Phi) is 6.85. The molecule has 0 aliphatic heterocycles. The number of nitrogens with zero attached hydrogens (tertiary/aromatic N) is 1. The first-order valence-corrected chi connectivity index (χ1v) is 11.7. The van der Waals surface area contributed by atoms with Gasteiger partial charge in [0.1, 0.15) is 6.54 Å². The summed E-state index contributed by atoms with van der Waals surface area (Å²) in [5, 5.41) is 3.24. The standard InChI is InChI=1S/C22H20BrClN2O3S/c1-15-3-10-20(11-4-15)30(28,29)26(19-8-5-17(24)6-9-19)14-22(27)25-18-7-12-21(23)16(2)13-18/h3-13H,14H2,1-2H3,(H,25,27). The maximum Gasteiger partial charge on any atom is 0.264 e. The van der Waals surface area contributed by atoms with Crippen molar-refractivity contribution in [2.24, 2.45) is 0 Å². The molecule has 0 aromatic heterocycles. The quantitative estimate of drug-likeness (QED) is 0.475. The molecule has 0 spiro atoms. The predicted molar refractivity (Wildman–Crippen MR) is 125 cm³/mol. The van der Waals surface area contributed by atoms with Crippen molar-refractivity contribution in [3.8, 4) is 0 Å². The van der Waals surface area contributed by atoms with Gasteiger partial charge in [0.15, 0.2) is 0 Å². The van der Waals surface area contributed by atoms with Crippen molar-refractivity contribution >= 4 is 54.8 Å². The maximum absolute atomic E-state index is 13.3. The van der Waals surface area contributed by atoms with Crippen LogP contribution in [0.4, 0.5) is 11.4 Å². The third-order valence-electron chi connectivity index (χ3n) is 4.45. The number of amides is 1. The molecule has 1 N–H and O–H groups in total. The van der Waals surface area contributed by atoms with E-state index in [1.807, 2.05) is 26.0 Å². The van der Waals surface area contributed by atoms with Crippen LogP contribution in [0.1, 0.15) is 11.1 Å². The summed E-state index contributed by atoms with van der Waals surface area (Å²) in [6, 6.07) is 18.2. The summed E-state index contributed by atoms with van der Waals surface area (Å²) in [7, 11) is -3.96. The van der Waals surface area contributed by atoms with Gasteiger partial charge in [-0.25, -0.2) is 8.42 Å². The van der Waals surface area contributed by atoms with Crippen LogP contribution in [0.5, 0.6) is 0 Å². The molecule has 30 heavy (non-hydrogen) atoms. The summed E-state index contributed by atoms with van der Waals surface area (Å²) < 4.78 is 28.6. The SMILES string of the molecule is Cc1ccc(S(=O)(=O)N(CC(=O)Nc2ccc(Br)c(C)c2)c2ccc(Cl)cc2)cc1. The molecule has 0 heterocycles. The van der Waals surface area contributed by atoms with Crippen molar-refractivity contribution < 1.29 is 13.2 Å². The molecule has 156 valence electrons. The minimum Gasteiger partial charge on any atom is -0.325 e. The number of halogens is 2. The number of rotatable bonds is 6. The molecule has 0 saturated heterocycles. The van der Waals surface area contributed by atoms with Crippen LogP contribution in [0.25, 0.3) is 0 Å². The van der Waals surface area contributed by atoms with Crippen molar-refractivity contribution in [1.82, 2.24) is 0 Å². The first-order valence-electron chi connectivity index (χ1n) is 9.08. The molecule has 3 aromatic carbocycles. The number of hydrogen-bond donors (Lipinski definition) is 1. The smallest absolute Gasteiger partial charge is 0.264 e. The number of hydrogen-bond acceptors (Lipinski definition) is 3. The van der Waals surface area contributed by atoms with E-state index in [0.29, 0.717) is 16.4 Å². The van der Waals surface area contributed by atoms with Gasteiger partial charge in [0.25, 0.3) is 10.0 Å². The zero-order valence-electron chi connectivity index (χ0n) is 16.4. The molecule has 0 aliphatic carbocycles. The molecular formula is C22H20BrClN2O3S. The fourth-order valence-corrected chi connectivity index (χ4v) is 4.61. The minimum absolute atomic E-state index is 0.107. The van der Waals surface area contributed by atoms with Crippen molar-refractivity contribution in [3.63, 3.8) is 0 Å². The highest BCUT2D eigenvalue weighted by Gasteiger charge is 2.27. The summed E-state index contributed by atoms with van der Waals surface area (Å²) in [6.45, 7) is 3.40. The molecule has 5 nitrogen and oxygen atoms in total. The molecule has 0 bridgehead atoms. The summed E-state index contributed by atoms with van der Waals surface area (Å²) >= 11 is 9.37. The number of anilines is 2. The number of carbonyl (C=O) groups excluding carboxylic acids is 1. The topological polar surface area (TPSA) is 66.5 Å². The summed E-state index contributed by atoms with van der Waals surface area (Å²) in [5.74, 6) is -0.456. The minimum atomic E-state index is -3.96. The van der Waals surface area contributed by atoms with Gasteiger partial charge in [0.2, 0.25) is 5.91 Å². The van der Waals surface area contributed by atoms with E-state index in [0.717, 1.165) is 19.9 Å². The van der Waals surface area contributed by atoms with E-state index in [-0.39, 0.29) is 11.4 Å². The van der Waals surface area contributed by atoms with E-state index >= 15 is 0 Å². The first-order chi connectivity index (χ1) is 14.2. The van der Waals surface area contributed by atoms with E-state index < -0.39 is 15.9 Å². The van der Waals surface area contributed by atoms with Crippen LogP contribution in [0.15, 0.2) is 76.1 Å². The monoisotopic (exact) mass is 506 g/mol. The second-order valence-electron chi connectivity index (χ2n) is 6.81. The van der Waals surface area contributed by atoms with Gasteiger partial charge in [-0.05, 0) is 74.0 Å². The van der Waals surface area contributed by atoms with E-state index in [9.17, 15) is 13.2 Å². The zero-order valence-corrected chi connectivity index (χ0v) is 19.6. The Bertz CT molecular complexity index is 1160. The van der Waals surface area contributed by atoms with Crippen molar-refractivity contribution in [2.45, 2.75) is 18.7 Å². The lowest BCUT2D eigenvalue weighted by atomic mass is 10.2. The zero-order chi connectivity index (χ0) is 21.9. The van der Waals surface area contributed by atoms with Gasteiger partial charge in [0, 0.05) is 15.2 Å². The van der Waals surface area contributed by atoms with Crippen molar-refractivity contribution in [3.05, 3.63) is 87.4 Å². The van der Waals surface area contributed by atoms with Crippen molar-refractivity contribution in [2.75, 3.05) is 16.2 Å². The molecule has 0 radical (unpaired) electrons. The van der Waals surface area contributed by atoms with Crippen LogP contribution in [0.2, 0.25) is 5.02 Å². The average Bonchev–Trinajstić information content (AvgIpc) is 2.70. The molecule has 8 heteroatoms. The molecule has 3 rings (SSSR count). The molecular weight excluding hydrogens is 488 g/mol. The van der Waals surface area contributed by atoms with Gasteiger partial charge in [0.05, 0.1) is 10.6 Å². The van der Waals surface area contributed by atoms with E-state index in [1.165, 1.54) is 12.1 Å². The molecule has 0 unspecified atom stereocenters. The number of carbonyl (C=O) groups is 1. The molecule has 0 saturated carbocycles. The summed E-state index contributed by atoms with van der Waals surface area (Å²) in [6.07, 6.45) is 0. The summed E-state index contributed by atoms with van der Waals surface area (Å²) in [4.78, 5) is 12.8. The molecule has 0 fully saturated rings. The largest absolute Gasteiger partial charge is 0.325 e. The van der Waals surface area contributed by atoms with Crippen LogP contribution in [-0.4, -0.2) is 20.9 Å². The third-order valence-corrected chi connectivity index (χ3v) is 7.38. The number of benzene rings is 3. The number of sulfonamides is 1. The second kappa shape index (κ2) is 9.20. The van der Waals surface area contributed by atoms with Gasteiger partial charge >= 0.3 is 0 Å². The highest BCUT2D eigenvalue weighted by atomic mass is 79.9. The van der Waals surface area contributed by atoms with Gasteiger partial charge in [-0.3, -0.25) is 9.10 Å². The van der Waals surface area contributed by atoms with Crippen LogP contribution in [0.3, 0.4) is 0 Å².